The van der Waals surface area contributed by atoms with Crippen LogP contribution in [0.3, 0.4) is 0 Å². The van der Waals surface area contributed by atoms with Crippen molar-refractivity contribution in [1.82, 2.24) is 15.3 Å². The Morgan fingerprint density at radius 1 is 1.56 bits per heavy atom. The summed E-state index contributed by atoms with van der Waals surface area (Å²) in [5.74, 6) is 0. The van der Waals surface area contributed by atoms with Gasteiger partial charge in [0.15, 0.2) is 0 Å². The predicted molar refractivity (Wildman–Crippen MR) is 66.6 cm³/mol. The number of imidazole rings is 1. The lowest BCUT2D eigenvalue weighted by molar-refractivity contribution is 0.0772. The number of hydrogen-bond donors (Lipinski definition) is 2. The Kier molecular flexibility index (Phi) is 4.26. The smallest absolute Gasteiger partial charge is 0.0922 e. The first-order valence-corrected chi connectivity index (χ1v) is 6.88. The average Bonchev–Trinajstić information content (AvgIpc) is 2.83. The van der Waals surface area contributed by atoms with Crippen molar-refractivity contribution in [3.63, 3.8) is 0 Å². The van der Waals surface area contributed by atoms with Crippen LogP contribution in [0.1, 0.15) is 18.5 Å². The molecule has 0 saturated carbocycles. The quantitative estimate of drug-likeness (QED) is 0.818. The van der Waals surface area contributed by atoms with Gasteiger partial charge in [0.05, 0.1) is 6.33 Å². The van der Waals surface area contributed by atoms with Crippen LogP contribution >= 0.6 is 11.8 Å². The Bertz CT molecular complexity index is 296. The number of hydrogen-bond acceptors (Lipinski definition) is 4. The fourth-order valence-corrected chi connectivity index (χ4v) is 2.82. The zero-order valence-electron chi connectivity index (χ0n) is 9.66. The number of ether oxygens (including phenoxy) is 1. The second-order valence-corrected chi connectivity index (χ2v) is 5.45. The Hall–Kier alpha value is -0.520. The minimum atomic E-state index is 0.359. The summed E-state index contributed by atoms with van der Waals surface area (Å²) < 4.78 is 5.78. The third-order valence-electron chi connectivity index (χ3n) is 3.15. The van der Waals surface area contributed by atoms with Gasteiger partial charge in [-0.25, -0.2) is 4.98 Å². The van der Waals surface area contributed by atoms with Crippen molar-refractivity contribution < 1.29 is 4.74 Å². The highest BCUT2D eigenvalue weighted by Gasteiger charge is 2.31. The largest absolute Gasteiger partial charge is 0.381 e. The molecule has 2 rings (SSSR count). The first-order valence-electron chi connectivity index (χ1n) is 5.65. The molecule has 1 aromatic rings. The highest BCUT2D eigenvalue weighted by atomic mass is 32.2. The molecule has 1 aliphatic heterocycles. The minimum absolute atomic E-state index is 0.359. The maximum atomic E-state index is 5.42. The monoisotopic (exact) mass is 241 g/mol. The number of thioether (sulfide) groups is 1. The van der Waals surface area contributed by atoms with Crippen LogP contribution in [-0.2, 0) is 11.3 Å². The SMILES string of the molecule is CSC1(CNCc2cnc[nH]2)CCOCC1. The fraction of sp³-hybridized carbons (Fsp3) is 0.727. The molecule has 0 bridgehead atoms. The molecule has 5 heteroatoms. The van der Waals surface area contributed by atoms with Crippen LogP contribution in [-0.4, -0.2) is 40.7 Å². The summed E-state index contributed by atoms with van der Waals surface area (Å²) in [6, 6.07) is 0. The maximum absolute atomic E-state index is 5.42. The Balaban J connectivity index is 1.78. The number of rotatable bonds is 5. The fourth-order valence-electron chi connectivity index (χ4n) is 2.00. The van der Waals surface area contributed by atoms with E-state index in [-0.39, 0.29) is 0 Å². The second kappa shape index (κ2) is 5.70. The normalized spacial score (nSPS) is 19.8. The van der Waals surface area contributed by atoms with E-state index in [1.807, 2.05) is 18.0 Å². The van der Waals surface area contributed by atoms with Crippen molar-refractivity contribution in [2.45, 2.75) is 24.1 Å². The zero-order chi connectivity index (χ0) is 11.3. The first kappa shape index (κ1) is 12.0. The molecule has 1 fully saturated rings. The van der Waals surface area contributed by atoms with Crippen LogP contribution in [0, 0.1) is 0 Å². The van der Waals surface area contributed by atoms with Gasteiger partial charge < -0.3 is 15.0 Å². The van der Waals surface area contributed by atoms with Crippen molar-refractivity contribution in [2.24, 2.45) is 0 Å². The van der Waals surface area contributed by atoms with Crippen LogP contribution in [0.15, 0.2) is 12.5 Å². The third kappa shape index (κ3) is 2.99. The molecule has 0 aromatic carbocycles. The minimum Gasteiger partial charge on any atom is -0.381 e. The molecule has 4 nitrogen and oxygen atoms in total. The predicted octanol–water partition coefficient (Wildman–Crippen LogP) is 1.41. The molecule has 0 aliphatic carbocycles. The molecule has 0 amide bonds. The van der Waals surface area contributed by atoms with Gasteiger partial charge >= 0.3 is 0 Å². The lowest BCUT2D eigenvalue weighted by Crippen LogP contribution is -2.42. The molecule has 0 spiro atoms. The molecule has 1 aromatic heterocycles. The van der Waals surface area contributed by atoms with Crippen molar-refractivity contribution >= 4 is 11.8 Å². The summed E-state index contributed by atoms with van der Waals surface area (Å²) >= 11 is 1.96. The Labute approximate surface area is 101 Å². The Morgan fingerprint density at radius 3 is 3.00 bits per heavy atom. The van der Waals surface area contributed by atoms with E-state index in [9.17, 15) is 0 Å². The molecule has 0 radical (unpaired) electrons. The van der Waals surface area contributed by atoms with Crippen LogP contribution in [0.2, 0.25) is 0 Å². The summed E-state index contributed by atoms with van der Waals surface area (Å²) in [6.07, 6.45) is 8.07. The summed E-state index contributed by atoms with van der Waals surface area (Å²) in [5.41, 5.74) is 1.14. The molecular weight excluding hydrogens is 222 g/mol. The van der Waals surface area contributed by atoms with Gasteiger partial charge in [-0.3, -0.25) is 0 Å². The molecule has 0 unspecified atom stereocenters. The number of aromatic amines is 1. The molecule has 16 heavy (non-hydrogen) atoms. The van der Waals surface area contributed by atoms with Gasteiger partial charge in [-0.05, 0) is 19.1 Å². The number of H-pyrrole nitrogens is 1. The molecule has 1 saturated heterocycles. The van der Waals surface area contributed by atoms with Crippen LogP contribution < -0.4 is 5.32 Å². The zero-order valence-corrected chi connectivity index (χ0v) is 10.5. The van der Waals surface area contributed by atoms with E-state index < -0.39 is 0 Å². The van der Waals surface area contributed by atoms with Crippen molar-refractivity contribution in [2.75, 3.05) is 26.0 Å². The number of nitrogens with one attached hydrogen (secondary N) is 2. The molecule has 0 atom stereocenters. The van der Waals surface area contributed by atoms with E-state index in [0.717, 1.165) is 44.8 Å². The van der Waals surface area contributed by atoms with E-state index in [4.69, 9.17) is 4.74 Å². The average molecular weight is 241 g/mol. The van der Waals surface area contributed by atoms with E-state index in [0.29, 0.717) is 4.75 Å². The molecule has 90 valence electrons. The standard InChI is InChI=1S/C11H19N3OS/c1-16-11(2-4-15-5-3-11)8-12-6-10-7-13-9-14-10/h7,9,12H,2-6,8H2,1H3,(H,13,14). The maximum Gasteiger partial charge on any atom is 0.0922 e. The van der Waals surface area contributed by atoms with Crippen molar-refractivity contribution in [3.05, 3.63) is 18.2 Å². The first-order chi connectivity index (χ1) is 7.85. The summed E-state index contributed by atoms with van der Waals surface area (Å²) in [6.45, 7) is 3.69. The molecule has 2 N–H and O–H groups in total. The van der Waals surface area contributed by atoms with Crippen LogP contribution in [0.4, 0.5) is 0 Å². The van der Waals surface area contributed by atoms with E-state index >= 15 is 0 Å². The summed E-state index contributed by atoms with van der Waals surface area (Å²) in [5, 5.41) is 3.50. The molecule has 2 heterocycles. The third-order valence-corrected chi connectivity index (χ3v) is 4.57. The summed E-state index contributed by atoms with van der Waals surface area (Å²) in [4.78, 5) is 7.10. The van der Waals surface area contributed by atoms with Gasteiger partial charge in [-0.15, -0.1) is 0 Å². The lowest BCUT2D eigenvalue weighted by Gasteiger charge is -2.35. The highest BCUT2D eigenvalue weighted by Crippen LogP contribution is 2.32. The number of nitrogens with zero attached hydrogens (tertiary/aromatic N) is 1. The Morgan fingerprint density at radius 2 is 2.38 bits per heavy atom. The second-order valence-electron chi connectivity index (χ2n) is 4.18. The molecular formula is C11H19N3OS. The van der Waals surface area contributed by atoms with Gasteiger partial charge in [0.1, 0.15) is 0 Å². The summed E-state index contributed by atoms with van der Waals surface area (Å²) in [7, 11) is 0. The van der Waals surface area contributed by atoms with Crippen LogP contribution in [0.5, 0.6) is 0 Å². The van der Waals surface area contributed by atoms with Crippen molar-refractivity contribution in [3.8, 4) is 0 Å². The van der Waals surface area contributed by atoms with E-state index in [1.165, 1.54) is 0 Å². The lowest BCUT2D eigenvalue weighted by atomic mass is 9.99. The van der Waals surface area contributed by atoms with Gasteiger partial charge in [0.2, 0.25) is 0 Å². The van der Waals surface area contributed by atoms with Crippen LogP contribution in [0.25, 0.3) is 0 Å². The van der Waals surface area contributed by atoms with Gasteiger partial charge in [0, 0.05) is 42.9 Å². The van der Waals surface area contributed by atoms with E-state index in [2.05, 4.69) is 21.5 Å². The molecule has 1 aliphatic rings. The van der Waals surface area contributed by atoms with Gasteiger partial charge in [0.25, 0.3) is 0 Å². The highest BCUT2D eigenvalue weighted by molar-refractivity contribution is 8.00. The van der Waals surface area contributed by atoms with Gasteiger partial charge in [-0.1, -0.05) is 0 Å². The number of aromatic nitrogens is 2. The van der Waals surface area contributed by atoms with Crippen molar-refractivity contribution in [1.29, 1.82) is 0 Å². The van der Waals surface area contributed by atoms with Gasteiger partial charge in [-0.2, -0.15) is 11.8 Å². The topological polar surface area (TPSA) is 49.9 Å². The van der Waals surface area contributed by atoms with E-state index in [1.54, 1.807) is 6.33 Å².